The van der Waals surface area contributed by atoms with Crippen LogP contribution in [0.2, 0.25) is 0 Å². The van der Waals surface area contributed by atoms with Crippen LogP contribution in [0.1, 0.15) is 46.5 Å². The van der Waals surface area contributed by atoms with E-state index in [0.717, 1.165) is 0 Å². The summed E-state index contributed by atoms with van der Waals surface area (Å²) >= 11 is 0. The Bertz CT molecular complexity index is 347. The molecule has 2 unspecified atom stereocenters. The maximum Gasteiger partial charge on any atom is 0.309 e. The average molecular weight is 275 g/mol. The van der Waals surface area contributed by atoms with Gasteiger partial charge in [0, 0.05) is 18.9 Å². The maximum absolute atomic E-state index is 13.5. The number of ether oxygens (including phenoxy) is 1. The van der Waals surface area contributed by atoms with Gasteiger partial charge in [0.2, 0.25) is 5.92 Å². The lowest BCUT2D eigenvalue weighted by Crippen LogP contribution is -2.53. The van der Waals surface area contributed by atoms with E-state index in [-0.39, 0.29) is 42.6 Å². The molecule has 2 rings (SSSR count). The van der Waals surface area contributed by atoms with Gasteiger partial charge in [-0.15, -0.1) is 0 Å². The van der Waals surface area contributed by atoms with Gasteiger partial charge in [0.1, 0.15) is 5.60 Å². The van der Waals surface area contributed by atoms with Gasteiger partial charge < -0.3 is 10.5 Å². The van der Waals surface area contributed by atoms with E-state index < -0.39 is 11.5 Å². The molecule has 2 saturated carbocycles. The first-order valence-corrected chi connectivity index (χ1v) is 6.94. The van der Waals surface area contributed by atoms with E-state index in [2.05, 4.69) is 0 Å². The van der Waals surface area contributed by atoms with Crippen molar-refractivity contribution in [2.75, 3.05) is 0 Å². The Morgan fingerprint density at radius 1 is 1.21 bits per heavy atom. The molecule has 0 radical (unpaired) electrons. The highest BCUT2D eigenvalue weighted by atomic mass is 19.3. The van der Waals surface area contributed by atoms with Crippen molar-refractivity contribution in [3.05, 3.63) is 0 Å². The molecule has 0 aromatic rings. The Hall–Kier alpha value is -0.710. The zero-order valence-electron chi connectivity index (χ0n) is 11.8. The van der Waals surface area contributed by atoms with Crippen molar-refractivity contribution in [1.29, 1.82) is 0 Å². The molecule has 0 aromatic carbocycles. The van der Waals surface area contributed by atoms with E-state index in [9.17, 15) is 13.6 Å². The van der Waals surface area contributed by atoms with Gasteiger partial charge in [-0.3, -0.25) is 4.79 Å². The summed E-state index contributed by atoms with van der Waals surface area (Å²) in [5.74, 6) is -3.69. The molecule has 0 aromatic heterocycles. The number of esters is 1. The molecule has 5 heteroatoms. The summed E-state index contributed by atoms with van der Waals surface area (Å²) in [5.41, 5.74) is 5.48. The predicted molar refractivity (Wildman–Crippen MR) is 67.7 cm³/mol. The normalized spacial score (nSPS) is 37.8. The molecule has 0 aliphatic heterocycles. The Balaban J connectivity index is 2.04. The van der Waals surface area contributed by atoms with E-state index in [1.807, 2.05) is 20.8 Å². The first kappa shape index (κ1) is 14.7. The molecule has 110 valence electrons. The van der Waals surface area contributed by atoms with Crippen LogP contribution in [0.15, 0.2) is 0 Å². The second-order valence-corrected chi connectivity index (χ2v) is 7.06. The molecule has 2 N–H and O–H groups in total. The van der Waals surface area contributed by atoms with Crippen LogP contribution in [-0.2, 0) is 9.53 Å². The monoisotopic (exact) mass is 275 g/mol. The molecular weight excluding hydrogens is 252 g/mol. The van der Waals surface area contributed by atoms with Crippen molar-refractivity contribution in [1.82, 2.24) is 0 Å². The van der Waals surface area contributed by atoms with Crippen molar-refractivity contribution < 1.29 is 18.3 Å². The summed E-state index contributed by atoms with van der Waals surface area (Å²) in [5, 5.41) is 0. The van der Waals surface area contributed by atoms with Gasteiger partial charge >= 0.3 is 5.97 Å². The first-order valence-electron chi connectivity index (χ1n) is 6.94. The second-order valence-electron chi connectivity index (χ2n) is 7.06. The Morgan fingerprint density at radius 3 is 2.11 bits per heavy atom. The number of rotatable bonds is 1. The van der Waals surface area contributed by atoms with Gasteiger partial charge in [0.05, 0.1) is 5.92 Å². The van der Waals surface area contributed by atoms with Gasteiger partial charge in [0.15, 0.2) is 0 Å². The number of halogens is 2. The molecule has 0 spiro atoms. The summed E-state index contributed by atoms with van der Waals surface area (Å²) in [6.45, 7) is 5.44. The molecular formula is C14H23F2NO2. The highest BCUT2D eigenvalue weighted by molar-refractivity contribution is 5.73. The summed E-state index contributed by atoms with van der Waals surface area (Å²) in [6.07, 6.45) is 0.484. The second kappa shape index (κ2) is 4.69. The van der Waals surface area contributed by atoms with Gasteiger partial charge in [-0.1, -0.05) is 0 Å². The molecule has 0 saturated heterocycles. The minimum atomic E-state index is -2.62. The van der Waals surface area contributed by atoms with E-state index in [4.69, 9.17) is 10.5 Å². The summed E-state index contributed by atoms with van der Waals surface area (Å²) in [6, 6.07) is -0.196. The van der Waals surface area contributed by atoms with Crippen LogP contribution in [0.25, 0.3) is 0 Å². The summed E-state index contributed by atoms with van der Waals surface area (Å²) in [4.78, 5) is 12.1. The SMILES string of the molecule is CC(C)(C)OC(=O)C1CC2CC(F)(F)CC(C1)C2N. The fourth-order valence-corrected chi connectivity index (χ4v) is 3.39. The fourth-order valence-electron chi connectivity index (χ4n) is 3.39. The Kier molecular flexibility index (Phi) is 3.62. The lowest BCUT2D eigenvalue weighted by Gasteiger charge is -2.46. The molecule has 0 heterocycles. The predicted octanol–water partition coefficient (Wildman–Crippen LogP) is 2.73. The number of alkyl halides is 2. The zero-order valence-corrected chi connectivity index (χ0v) is 11.8. The van der Waals surface area contributed by atoms with Gasteiger partial charge in [0.25, 0.3) is 0 Å². The summed E-state index contributed by atoms with van der Waals surface area (Å²) < 4.78 is 32.4. The highest BCUT2D eigenvalue weighted by Crippen LogP contribution is 2.48. The minimum Gasteiger partial charge on any atom is -0.460 e. The lowest BCUT2D eigenvalue weighted by molar-refractivity contribution is -0.167. The first-order chi connectivity index (χ1) is 8.57. The van der Waals surface area contributed by atoms with Crippen LogP contribution in [-0.4, -0.2) is 23.5 Å². The van der Waals surface area contributed by atoms with Crippen LogP contribution in [0, 0.1) is 17.8 Å². The Morgan fingerprint density at radius 2 is 1.68 bits per heavy atom. The number of hydrogen-bond donors (Lipinski definition) is 1. The molecule has 2 aliphatic rings. The van der Waals surface area contributed by atoms with Crippen LogP contribution in [0.4, 0.5) is 8.78 Å². The van der Waals surface area contributed by atoms with Gasteiger partial charge in [-0.25, -0.2) is 8.78 Å². The largest absolute Gasteiger partial charge is 0.460 e. The molecule has 2 atom stereocenters. The number of fused-ring (bicyclic) bond motifs is 2. The van der Waals surface area contributed by atoms with Crippen LogP contribution in [0.3, 0.4) is 0 Å². The van der Waals surface area contributed by atoms with E-state index >= 15 is 0 Å². The fraction of sp³-hybridized carbons (Fsp3) is 0.929. The average Bonchev–Trinajstić information content (AvgIpc) is 2.17. The van der Waals surface area contributed by atoms with E-state index in [1.54, 1.807) is 0 Å². The molecule has 2 bridgehead atoms. The molecule has 0 amide bonds. The van der Waals surface area contributed by atoms with Gasteiger partial charge in [-0.05, 0) is 45.4 Å². The standard InChI is InChI=1S/C14H23F2NO2/c1-13(2,3)19-12(18)8-4-9-6-14(15,16)7-10(5-8)11(9)17/h8-11H,4-7,17H2,1-3H3. The Labute approximate surface area is 112 Å². The molecule has 3 nitrogen and oxygen atoms in total. The quantitative estimate of drug-likeness (QED) is 0.749. The molecule has 2 aliphatic carbocycles. The highest BCUT2D eigenvalue weighted by Gasteiger charge is 2.51. The third-order valence-electron chi connectivity index (χ3n) is 4.12. The third kappa shape index (κ3) is 3.44. The number of hydrogen-bond acceptors (Lipinski definition) is 3. The summed E-state index contributed by atoms with van der Waals surface area (Å²) in [7, 11) is 0. The van der Waals surface area contributed by atoms with Crippen LogP contribution in [0.5, 0.6) is 0 Å². The van der Waals surface area contributed by atoms with Crippen molar-refractivity contribution in [2.24, 2.45) is 23.5 Å². The van der Waals surface area contributed by atoms with Crippen molar-refractivity contribution in [3.63, 3.8) is 0 Å². The molecule has 2 fully saturated rings. The number of nitrogens with two attached hydrogens (primary N) is 1. The maximum atomic E-state index is 13.5. The lowest BCUT2D eigenvalue weighted by atomic mass is 9.64. The van der Waals surface area contributed by atoms with Gasteiger partial charge in [-0.2, -0.15) is 0 Å². The number of carbonyl (C=O) groups is 1. The zero-order chi connectivity index (χ0) is 14.4. The smallest absolute Gasteiger partial charge is 0.309 e. The topological polar surface area (TPSA) is 52.3 Å². The minimum absolute atomic E-state index is 0.191. The van der Waals surface area contributed by atoms with Crippen molar-refractivity contribution >= 4 is 5.97 Å². The van der Waals surface area contributed by atoms with E-state index in [0.29, 0.717) is 12.8 Å². The van der Waals surface area contributed by atoms with Crippen molar-refractivity contribution in [3.8, 4) is 0 Å². The van der Waals surface area contributed by atoms with Crippen LogP contribution >= 0.6 is 0 Å². The third-order valence-corrected chi connectivity index (χ3v) is 4.12. The number of carbonyl (C=O) groups excluding carboxylic acids is 1. The van der Waals surface area contributed by atoms with Crippen LogP contribution < -0.4 is 5.73 Å². The van der Waals surface area contributed by atoms with Crippen molar-refractivity contribution in [2.45, 2.75) is 64.0 Å². The molecule has 19 heavy (non-hydrogen) atoms. The van der Waals surface area contributed by atoms with E-state index in [1.165, 1.54) is 0 Å².